The SMILES string of the molecule is CN=C(NCCCCC(C)C)NCCc1cn2ccccc2n1. The Bertz CT molecular complexity index is 582. The number of hydrogen-bond donors (Lipinski definition) is 2. The average molecular weight is 315 g/mol. The first kappa shape index (κ1) is 17.3. The molecule has 0 amide bonds. The van der Waals surface area contributed by atoms with Crippen molar-refractivity contribution in [3.05, 3.63) is 36.3 Å². The second-order valence-corrected chi connectivity index (χ2v) is 6.26. The second-order valence-electron chi connectivity index (χ2n) is 6.26. The maximum absolute atomic E-state index is 4.60. The molecule has 0 bridgehead atoms. The van der Waals surface area contributed by atoms with Crippen LogP contribution < -0.4 is 10.6 Å². The molecule has 0 aliphatic rings. The van der Waals surface area contributed by atoms with Crippen molar-refractivity contribution in [3.8, 4) is 0 Å². The maximum atomic E-state index is 4.60. The summed E-state index contributed by atoms with van der Waals surface area (Å²) < 4.78 is 2.05. The van der Waals surface area contributed by atoms with Crippen molar-refractivity contribution < 1.29 is 0 Å². The van der Waals surface area contributed by atoms with Crippen LogP contribution in [0.4, 0.5) is 0 Å². The molecule has 2 rings (SSSR count). The molecule has 2 N–H and O–H groups in total. The normalized spacial score (nSPS) is 12.1. The zero-order chi connectivity index (χ0) is 16.5. The quantitative estimate of drug-likeness (QED) is 0.447. The lowest BCUT2D eigenvalue weighted by atomic mass is 10.1. The molecule has 0 atom stereocenters. The standard InChI is InChI=1S/C18H29N5/c1-15(2)8-4-6-11-20-18(19-3)21-12-10-16-14-23-13-7-5-9-17(23)22-16/h5,7,9,13-15H,4,6,8,10-12H2,1-3H3,(H2,19,20,21). The number of unbranched alkanes of at least 4 members (excludes halogenated alkanes) is 1. The lowest BCUT2D eigenvalue weighted by molar-refractivity contribution is 0.534. The summed E-state index contributed by atoms with van der Waals surface area (Å²) in [5.74, 6) is 1.66. The molecule has 0 saturated carbocycles. The molecule has 23 heavy (non-hydrogen) atoms. The Hall–Kier alpha value is -2.04. The topological polar surface area (TPSA) is 53.7 Å². The Balaban J connectivity index is 1.67. The molecular formula is C18H29N5. The Morgan fingerprint density at radius 2 is 2.04 bits per heavy atom. The molecule has 126 valence electrons. The van der Waals surface area contributed by atoms with Gasteiger partial charge in [-0.25, -0.2) is 4.98 Å². The lowest BCUT2D eigenvalue weighted by Gasteiger charge is -2.11. The number of pyridine rings is 1. The second kappa shape index (κ2) is 9.18. The molecule has 0 saturated heterocycles. The van der Waals surface area contributed by atoms with Crippen LogP contribution in [0.15, 0.2) is 35.6 Å². The third kappa shape index (κ3) is 5.93. The molecule has 0 aromatic carbocycles. The van der Waals surface area contributed by atoms with Gasteiger partial charge in [0.25, 0.3) is 0 Å². The first-order valence-corrected chi connectivity index (χ1v) is 8.56. The van der Waals surface area contributed by atoms with E-state index in [1.54, 1.807) is 0 Å². The van der Waals surface area contributed by atoms with Gasteiger partial charge in [0.1, 0.15) is 5.65 Å². The molecule has 0 aliphatic heterocycles. The van der Waals surface area contributed by atoms with Crippen molar-refractivity contribution in [3.63, 3.8) is 0 Å². The predicted molar refractivity (Wildman–Crippen MR) is 96.9 cm³/mol. The molecule has 0 unspecified atom stereocenters. The van der Waals surface area contributed by atoms with Gasteiger partial charge in [0.05, 0.1) is 5.69 Å². The number of imidazole rings is 1. The summed E-state index contributed by atoms with van der Waals surface area (Å²) in [5, 5.41) is 6.72. The van der Waals surface area contributed by atoms with Gasteiger partial charge in [-0.3, -0.25) is 4.99 Å². The van der Waals surface area contributed by atoms with Gasteiger partial charge < -0.3 is 15.0 Å². The van der Waals surface area contributed by atoms with Crippen LogP contribution >= 0.6 is 0 Å². The summed E-state index contributed by atoms with van der Waals surface area (Å²) >= 11 is 0. The van der Waals surface area contributed by atoms with E-state index < -0.39 is 0 Å². The van der Waals surface area contributed by atoms with Crippen molar-refractivity contribution >= 4 is 11.6 Å². The number of aromatic nitrogens is 2. The minimum absolute atomic E-state index is 0.790. The number of nitrogens with one attached hydrogen (secondary N) is 2. The highest BCUT2D eigenvalue weighted by molar-refractivity contribution is 5.79. The number of fused-ring (bicyclic) bond motifs is 1. The van der Waals surface area contributed by atoms with Crippen LogP contribution in [0.25, 0.3) is 5.65 Å². The molecule has 5 heteroatoms. The fourth-order valence-corrected chi connectivity index (χ4v) is 2.52. The number of nitrogens with zero attached hydrogens (tertiary/aromatic N) is 3. The largest absolute Gasteiger partial charge is 0.356 e. The molecular weight excluding hydrogens is 286 g/mol. The number of hydrogen-bond acceptors (Lipinski definition) is 2. The first-order chi connectivity index (χ1) is 11.2. The third-order valence-electron chi connectivity index (χ3n) is 3.81. The van der Waals surface area contributed by atoms with Gasteiger partial charge in [-0.1, -0.05) is 32.8 Å². The molecule has 5 nitrogen and oxygen atoms in total. The van der Waals surface area contributed by atoms with Crippen LogP contribution in [0.3, 0.4) is 0 Å². The van der Waals surface area contributed by atoms with E-state index in [9.17, 15) is 0 Å². The van der Waals surface area contributed by atoms with Crippen molar-refractivity contribution in [2.45, 2.75) is 39.5 Å². The molecule has 0 fully saturated rings. The van der Waals surface area contributed by atoms with E-state index in [4.69, 9.17) is 0 Å². The summed E-state index contributed by atoms with van der Waals surface area (Å²) in [4.78, 5) is 8.86. The molecule has 0 spiro atoms. The van der Waals surface area contributed by atoms with Crippen molar-refractivity contribution in [1.82, 2.24) is 20.0 Å². The average Bonchev–Trinajstić information content (AvgIpc) is 2.95. The molecule has 0 aliphatic carbocycles. The minimum atomic E-state index is 0.790. The van der Waals surface area contributed by atoms with E-state index in [2.05, 4.69) is 45.1 Å². The Morgan fingerprint density at radius 1 is 1.22 bits per heavy atom. The van der Waals surface area contributed by atoms with Crippen LogP contribution in [-0.4, -0.2) is 35.5 Å². The van der Waals surface area contributed by atoms with E-state index in [1.165, 1.54) is 19.3 Å². The molecule has 2 heterocycles. The van der Waals surface area contributed by atoms with Crippen molar-refractivity contribution in [1.29, 1.82) is 0 Å². The van der Waals surface area contributed by atoms with Gasteiger partial charge in [0.2, 0.25) is 0 Å². The van der Waals surface area contributed by atoms with Crippen LogP contribution in [-0.2, 0) is 6.42 Å². The summed E-state index contributed by atoms with van der Waals surface area (Å²) in [6, 6.07) is 6.05. The summed E-state index contributed by atoms with van der Waals surface area (Å²) in [5.41, 5.74) is 2.09. The highest BCUT2D eigenvalue weighted by Crippen LogP contribution is 2.05. The maximum Gasteiger partial charge on any atom is 0.190 e. The van der Waals surface area contributed by atoms with E-state index >= 15 is 0 Å². The Morgan fingerprint density at radius 3 is 2.78 bits per heavy atom. The lowest BCUT2D eigenvalue weighted by Crippen LogP contribution is -2.38. The zero-order valence-electron chi connectivity index (χ0n) is 14.5. The van der Waals surface area contributed by atoms with Gasteiger partial charge in [0, 0.05) is 39.0 Å². The predicted octanol–water partition coefficient (Wildman–Crippen LogP) is 2.87. The molecule has 0 radical (unpaired) electrons. The number of rotatable bonds is 8. The Kier molecular flexibility index (Phi) is 6.91. The van der Waals surface area contributed by atoms with E-state index in [0.717, 1.165) is 42.7 Å². The first-order valence-electron chi connectivity index (χ1n) is 8.56. The minimum Gasteiger partial charge on any atom is -0.356 e. The Labute approximate surface area is 139 Å². The van der Waals surface area contributed by atoms with Crippen molar-refractivity contribution in [2.75, 3.05) is 20.1 Å². The summed E-state index contributed by atoms with van der Waals surface area (Å²) in [6.07, 6.45) is 8.74. The third-order valence-corrected chi connectivity index (χ3v) is 3.81. The smallest absolute Gasteiger partial charge is 0.190 e. The fraction of sp³-hybridized carbons (Fsp3) is 0.556. The highest BCUT2D eigenvalue weighted by Gasteiger charge is 2.02. The summed E-state index contributed by atoms with van der Waals surface area (Å²) in [7, 11) is 1.81. The van der Waals surface area contributed by atoms with Crippen LogP contribution in [0, 0.1) is 5.92 Å². The van der Waals surface area contributed by atoms with Gasteiger partial charge in [-0.05, 0) is 24.5 Å². The molecule has 2 aromatic heterocycles. The van der Waals surface area contributed by atoms with Crippen molar-refractivity contribution in [2.24, 2.45) is 10.9 Å². The van der Waals surface area contributed by atoms with Crippen LogP contribution in [0.1, 0.15) is 38.8 Å². The van der Waals surface area contributed by atoms with E-state index in [0.29, 0.717) is 0 Å². The molecule has 2 aromatic rings. The van der Waals surface area contributed by atoms with Gasteiger partial charge in [-0.2, -0.15) is 0 Å². The van der Waals surface area contributed by atoms with E-state index in [1.807, 2.05) is 31.4 Å². The van der Waals surface area contributed by atoms with E-state index in [-0.39, 0.29) is 0 Å². The number of guanidine groups is 1. The summed E-state index contributed by atoms with van der Waals surface area (Å²) in [6.45, 7) is 6.34. The monoisotopic (exact) mass is 315 g/mol. The van der Waals surface area contributed by atoms with Crippen LogP contribution in [0.2, 0.25) is 0 Å². The number of aliphatic imine (C=N–C) groups is 1. The van der Waals surface area contributed by atoms with Gasteiger partial charge >= 0.3 is 0 Å². The fourth-order valence-electron chi connectivity index (χ4n) is 2.52. The van der Waals surface area contributed by atoms with Crippen LogP contribution in [0.5, 0.6) is 0 Å². The highest BCUT2D eigenvalue weighted by atomic mass is 15.2. The zero-order valence-corrected chi connectivity index (χ0v) is 14.5. The van der Waals surface area contributed by atoms with Gasteiger partial charge in [0.15, 0.2) is 5.96 Å². The van der Waals surface area contributed by atoms with Gasteiger partial charge in [-0.15, -0.1) is 0 Å².